The summed E-state index contributed by atoms with van der Waals surface area (Å²) in [5.74, 6) is 0.101. The molecule has 18 nitrogen and oxygen atoms in total. The van der Waals surface area contributed by atoms with Crippen LogP contribution < -0.4 is 5.73 Å². The highest BCUT2D eigenvalue weighted by molar-refractivity contribution is 7.66. The molecule has 1 saturated heterocycles. The highest BCUT2D eigenvalue weighted by Gasteiger charge is 2.47. The molecule has 6 atom stereocenters. The molecule has 0 radical (unpaired) electrons. The van der Waals surface area contributed by atoms with Gasteiger partial charge in [-0.15, -0.1) is 0 Å². The average Bonchev–Trinajstić information content (AvgIpc) is 3.29. The Morgan fingerprint density at radius 3 is 2.32 bits per heavy atom. The van der Waals surface area contributed by atoms with Crippen molar-refractivity contribution in [2.75, 3.05) is 12.3 Å². The van der Waals surface area contributed by atoms with Crippen LogP contribution in [-0.2, 0) is 38.0 Å². The number of phosphoric ester groups is 1. The van der Waals surface area contributed by atoms with Gasteiger partial charge >= 0.3 is 23.5 Å². The smallest absolute Gasteiger partial charge is 0.387 e. The van der Waals surface area contributed by atoms with Crippen LogP contribution in [0, 0.1) is 0 Å². The Kier molecular flexibility index (Phi) is 8.19. The van der Waals surface area contributed by atoms with Gasteiger partial charge in [-0.1, -0.05) is 30.3 Å². The number of aliphatic hydroxyl groups is 2. The maximum absolute atomic E-state index is 12.0. The summed E-state index contributed by atoms with van der Waals surface area (Å²) >= 11 is 0. The minimum atomic E-state index is -5.74. The second-order valence-corrected chi connectivity index (χ2v) is 12.4. The number of ether oxygens (including phenoxy) is 1. The van der Waals surface area contributed by atoms with Gasteiger partial charge in [0.05, 0.1) is 17.7 Å². The fourth-order valence-electron chi connectivity index (χ4n) is 3.70. The van der Waals surface area contributed by atoms with Gasteiger partial charge in [-0.25, -0.2) is 28.3 Å². The molecule has 21 heteroatoms. The van der Waals surface area contributed by atoms with Crippen LogP contribution in [0.3, 0.4) is 0 Å². The summed E-state index contributed by atoms with van der Waals surface area (Å²) in [7, 11) is -16.8. The summed E-state index contributed by atoms with van der Waals surface area (Å²) in [6, 6.07) is 9.21. The molecule has 208 valence electrons. The van der Waals surface area contributed by atoms with Gasteiger partial charge in [0, 0.05) is 6.42 Å². The normalized spacial score (nSPS) is 25.3. The van der Waals surface area contributed by atoms with Crippen molar-refractivity contribution in [3.8, 4) is 0 Å². The lowest BCUT2D eigenvalue weighted by atomic mass is 10.1. The molecule has 0 saturated carbocycles. The highest BCUT2D eigenvalue weighted by atomic mass is 31.3. The van der Waals surface area contributed by atoms with Crippen molar-refractivity contribution in [2.45, 2.75) is 31.0 Å². The summed E-state index contributed by atoms with van der Waals surface area (Å²) in [6.45, 7) is -0.981. The first-order valence-corrected chi connectivity index (χ1v) is 15.0. The van der Waals surface area contributed by atoms with Gasteiger partial charge < -0.3 is 40.3 Å². The topological polar surface area (TPSA) is 279 Å². The zero-order valence-corrected chi connectivity index (χ0v) is 21.6. The molecule has 1 aromatic carbocycles. The molecule has 0 amide bonds. The maximum atomic E-state index is 12.0. The zero-order chi connectivity index (χ0) is 27.9. The van der Waals surface area contributed by atoms with Crippen LogP contribution in [0.25, 0.3) is 11.0 Å². The van der Waals surface area contributed by atoms with Gasteiger partial charge in [0.15, 0.2) is 11.9 Å². The van der Waals surface area contributed by atoms with E-state index in [2.05, 4.69) is 28.2 Å². The number of nitrogen functional groups attached to an aromatic ring is 1. The number of hydrogen-bond acceptors (Lipinski definition) is 13. The Hall–Kier alpha value is -2.14. The first-order chi connectivity index (χ1) is 17.7. The van der Waals surface area contributed by atoms with Gasteiger partial charge in [-0.3, -0.25) is 4.52 Å². The van der Waals surface area contributed by atoms with Crippen molar-refractivity contribution in [2.24, 2.45) is 0 Å². The van der Waals surface area contributed by atoms with Crippen LogP contribution >= 0.6 is 23.5 Å². The minimum absolute atomic E-state index is 0.101. The lowest BCUT2D eigenvalue weighted by Gasteiger charge is -2.19. The van der Waals surface area contributed by atoms with Crippen LogP contribution in [0.1, 0.15) is 17.5 Å². The van der Waals surface area contributed by atoms with Crippen LogP contribution in [0.5, 0.6) is 0 Å². The average molecular weight is 597 g/mol. The Bertz CT molecular complexity index is 1450. The highest BCUT2D eigenvalue weighted by Crippen LogP contribution is 2.66. The number of nitrogens with zero attached hydrogens (tertiary/aromatic N) is 4. The third-order valence-electron chi connectivity index (χ3n) is 5.20. The number of benzene rings is 1. The molecule has 3 aromatic rings. The number of phosphoric acid groups is 3. The summed E-state index contributed by atoms with van der Waals surface area (Å²) in [4.78, 5) is 44.2. The zero-order valence-electron chi connectivity index (χ0n) is 18.9. The molecule has 2 aromatic heterocycles. The van der Waals surface area contributed by atoms with E-state index in [4.69, 9.17) is 20.3 Å². The lowest BCUT2D eigenvalue weighted by Crippen LogP contribution is -2.33. The SMILES string of the molecule is Nc1ncnc2c1c(Cc1ccccc1)nn2C1OC(COP(=O)(O)OP(=O)(O)OP(=O)(O)O)C(O)C1O. The Morgan fingerprint density at radius 2 is 1.66 bits per heavy atom. The van der Waals surface area contributed by atoms with Gasteiger partial charge in [0.25, 0.3) is 0 Å². The largest absolute Gasteiger partial charge is 0.490 e. The van der Waals surface area contributed by atoms with E-state index in [0.29, 0.717) is 17.5 Å². The van der Waals surface area contributed by atoms with Gasteiger partial charge in [-0.05, 0) is 5.56 Å². The molecule has 1 aliphatic heterocycles. The number of aromatic nitrogens is 4. The minimum Gasteiger partial charge on any atom is -0.387 e. The second kappa shape index (κ2) is 10.8. The number of anilines is 1. The fraction of sp³-hybridized carbons (Fsp3) is 0.353. The van der Waals surface area contributed by atoms with Gasteiger partial charge in [0.2, 0.25) is 0 Å². The molecule has 0 aliphatic carbocycles. The molecule has 0 spiro atoms. The monoisotopic (exact) mass is 597 g/mol. The molecule has 0 bridgehead atoms. The van der Waals surface area contributed by atoms with Crippen molar-refractivity contribution < 1.29 is 61.4 Å². The Balaban J connectivity index is 1.53. The number of hydrogen-bond donors (Lipinski definition) is 7. The van der Waals surface area contributed by atoms with Crippen molar-refractivity contribution >= 4 is 40.3 Å². The quantitative estimate of drug-likeness (QED) is 0.151. The van der Waals surface area contributed by atoms with Crippen molar-refractivity contribution in [1.82, 2.24) is 19.7 Å². The van der Waals surface area contributed by atoms with E-state index >= 15 is 0 Å². The van der Waals surface area contributed by atoms with E-state index in [-0.39, 0.29) is 11.5 Å². The lowest BCUT2D eigenvalue weighted by molar-refractivity contribution is -0.0559. The van der Waals surface area contributed by atoms with Crippen LogP contribution in [0.4, 0.5) is 5.82 Å². The van der Waals surface area contributed by atoms with Crippen molar-refractivity contribution in [3.63, 3.8) is 0 Å². The number of aliphatic hydroxyl groups excluding tert-OH is 2. The maximum Gasteiger partial charge on any atom is 0.490 e. The molecule has 6 unspecified atom stereocenters. The standard InChI is InChI=1S/C17H22N5O13P3/c18-15-12-10(6-9-4-2-1-3-5-9)21-22(16(12)20-8-19-15)17-14(24)13(23)11(33-17)7-32-37(28,29)35-38(30,31)34-36(25,26)27/h1-5,8,11,13-14,17,23-24H,6-7H2,(H,28,29)(H,30,31)(H2,18,19,20)(H2,25,26,27). The second-order valence-electron chi connectivity index (χ2n) is 7.94. The summed E-state index contributed by atoms with van der Waals surface area (Å²) in [5.41, 5.74) is 7.52. The summed E-state index contributed by atoms with van der Waals surface area (Å²) in [6.07, 6.45) is -4.80. The van der Waals surface area contributed by atoms with E-state index in [9.17, 15) is 33.7 Å². The predicted octanol–water partition coefficient (Wildman–Crippen LogP) is -0.0382. The van der Waals surface area contributed by atoms with E-state index in [1.54, 1.807) is 0 Å². The molecule has 1 aliphatic rings. The Labute approximate surface area is 213 Å². The molecule has 38 heavy (non-hydrogen) atoms. The fourth-order valence-corrected chi connectivity index (χ4v) is 6.73. The van der Waals surface area contributed by atoms with E-state index < -0.39 is 54.6 Å². The first kappa shape index (κ1) is 28.9. The number of rotatable bonds is 10. The third kappa shape index (κ3) is 6.70. The van der Waals surface area contributed by atoms with Crippen molar-refractivity contribution in [3.05, 3.63) is 47.9 Å². The first-order valence-electron chi connectivity index (χ1n) is 10.5. The van der Waals surface area contributed by atoms with Gasteiger partial charge in [0.1, 0.15) is 30.5 Å². The van der Waals surface area contributed by atoms with Crippen molar-refractivity contribution in [1.29, 1.82) is 0 Å². The van der Waals surface area contributed by atoms with Gasteiger partial charge in [-0.2, -0.15) is 13.7 Å². The summed E-state index contributed by atoms with van der Waals surface area (Å²) < 4.78 is 52.7. The molecule has 1 fully saturated rings. The Morgan fingerprint density at radius 1 is 0.974 bits per heavy atom. The van der Waals surface area contributed by atoms with Crippen LogP contribution in [-0.4, -0.2) is 74.5 Å². The van der Waals surface area contributed by atoms with Crippen LogP contribution in [0.2, 0.25) is 0 Å². The van der Waals surface area contributed by atoms with E-state index in [0.717, 1.165) is 16.6 Å². The molecule has 3 heterocycles. The molecule has 8 N–H and O–H groups in total. The molecular weight excluding hydrogens is 575 g/mol. The van der Waals surface area contributed by atoms with Crippen LogP contribution in [0.15, 0.2) is 36.7 Å². The number of fused-ring (bicyclic) bond motifs is 1. The predicted molar refractivity (Wildman–Crippen MR) is 125 cm³/mol. The van der Waals surface area contributed by atoms with E-state index in [1.807, 2.05) is 30.3 Å². The third-order valence-corrected chi connectivity index (χ3v) is 9.00. The van der Waals surface area contributed by atoms with E-state index in [1.165, 1.54) is 0 Å². The number of nitrogens with two attached hydrogens (primary N) is 1. The molecular formula is C17H22N5O13P3. The summed E-state index contributed by atoms with van der Waals surface area (Å²) in [5, 5.41) is 25.9. The molecule has 4 rings (SSSR count).